The molecule has 0 aliphatic heterocycles. The summed E-state index contributed by atoms with van der Waals surface area (Å²) in [6.07, 6.45) is 2.17. The molecule has 0 aromatic carbocycles. The molecule has 0 atom stereocenters. The Morgan fingerprint density at radius 3 is 2.83 bits per heavy atom. The average molecular weight is 317 g/mol. The summed E-state index contributed by atoms with van der Waals surface area (Å²) in [6, 6.07) is 1.82. The smallest absolute Gasteiger partial charge is 0.255 e. The minimum Gasteiger partial charge on any atom is -0.375 e. The lowest BCUT2D eigenvalue weighted by atomic mass is 10.3. The summed E-state index contributed by atoms with van der Waals surface area (Å²) in [6.45, 7) is 3.42. The van der Waals surface area contributed by atoms with Crippen LogP contribution in [0.5, 0.6) is 0 Å². The van der Waals surface area contributed by atoms with Crippen molar-refractivity contribution in [3.05, 3.63) is 33.4 Å². The molecule has 8 nitrogen and oxygen atoms in total. The molecule has 2 aromatic rings. The summed E-state index contributed by atoms with van der Waals surface area (Å²) in [4.78, 5) is 30.9. The highest BCUT2D eigenvalue weighted by Gasteiger charge is 2.28. The predicted octanol–water partition coefficient (Wildman–Crippen LogP) is 1.03. The van der Waals surface area contributed by atoms with E-state index in [1.807, 2.05) is 6.07 Å². The minimum atomic E-state index is -0.290. The van der Waals surface area contributed by atoms with Gasteiger partial charge in [0.1, 0.15) is 12.4 Å². The molecule has 0 bridgehead atoms. The second-order valence-corrected chi connectivity index (χ2v) is 5.72. The molecule has 1 saturated carbocycles. The van der Waals surface area contributed by atoms with Crippen LogP contribution in [0.15, 0.2) is 10.9 Å². The van der Waals surface area contributed by atoms with E-state index >= 15 is 0 Å². The van der Waals surface area contributed by atoms with E-state index in [0.717, 1.165) is 18.5 Å². The summed E-state index contributed by atoms with van der Waals surface area (Å²) >= 11 is 0. The lowest BCUT2D eigenvalue weighted by Crippen LogP contribution is -2.22. The van der Waals surface area contributed by atoms with Crippen LogP contribution in [0.2, 0.25) is 0 Å². The fourth-order valence-corrected chi connectivity index (χ4v) is 2.27. The number of methoxy groups -OCH3 is 1. The number of hydrogen-bond acceptors (Lipinski definition) is 5. The number of rotatable bonds is 5. The van der Waals surface area contributed by atoms with E-state index < -0.39 is 0 Å². The van der Waals surface area contributed by atoms with E-state index in [9.17, 15) is 9.59 Å². The highest BCUT2D eigenvalue weighted by atomic mass is 16.5. The SMILES string of the molecule is COCC(=O)Nc1cc(C2CC2)nn1-c1nc(C)c(C)c(=O)[nH]1. The van der Waals surface area contributed by atoms with E-state index in [2.05, 4.69) is 20.4 Å². The monoisotopic (exact) mass is 317 g/mol. The molecule has 1 amide bonds. The Morgan fingerprint density at radius 2 is 2.22 bits per heavy atom. The third kappa shape index (κ3) is 3.16. The van der Waals surface area contributed by atoms with Crippen LogP contribution < -0.4 is 10.9 Å². The standard InChI is InChI=1S/C15H19N5O3/c1-8-9(2)16-15(18-14(8)22)20-12(17-13(21)7-23-3)6-11(19-20)10-4-5-10/h6,10H,4-5,7H2,1-3H3,(H,17,21)(H,16,18,22). The van der Waals surface area contributed by atoms with Gasteiger partial charge in [0, 0.05) is 30.4 Å². The lowest BCUT2D eigenvalue weighted by Gasteiger charge is -2.09. The van der Waals surface area contributed by atoms with Gasteiger partial charge >= 0.3 is 0 Å². The molecule has 3 rings (SSSR count). The van der Waals surface area contributed by atoms with Crippen LogP contribution in [0.1, 0.15) is 35.7 Å². The Hall–Kier alpha value is -2.48. The fraction of sp³-hybridized carbons (Fsp3) is 0.467. The third-order valence-corrected chi connectivity index (χ3v) is 3.85. The number of aryl methyl sites for hydroxylation is 1. The molecular weight excluding hydrogens is 298 g/mol. The van der Waals surface area contributed by atoms with E-state index in [0.29, 0.717) is 23.0 Å². The molecule has 0 radical (unpaired) electrons. The first-order valence-electron chi connectivity index (χ1n) is 7.46. The average Bonchev–Trinajstić information content (AvgIpc) is 3.26. The molecule has 0 unspecified atom stereocenters. The summed E-state index contributed by atoms with van der Waals surface area (Å²) in [5, 5.41) is 7.24. The number of nitrogens with one attached hydrogen (secondary N) is 2. The lowest BCUT2D eigenvalue weighted by molar-refractivity contribution is -0.119. The van der Waals surface area contributed by atoms with Gasteiger partial charge in [-0.3, -0.25) is 14.6 Å². The zero-order valence-electron chi connectivity index (χ0n) is 13.3. The van der Waals surface area contributed by atoms with Gasteiger partial charge in [0.05, 0.1) is 5.69 Å². The van der Waals surface area contributed by atoms with Gasteiger partial charge in [-0.25, -0.2) is 4.98 Å². The highest BCUT2D eigenvalue weighted by Crippen LogP contribution is 2.40. The number of aromatic nitrogens is 4. The number of anilines is 1. The Bertz CT molecular complexity index is 804. The minimum absolute atomic E-state index is 0.0547. The van der Waals surface area contributed by atoms with Gasteiger partial charge in [-0.05, 0) is 26.7 Å². The van der Waals surface area contributed by atoms with E-state index in [1.54, 1.807) is 13.8 Å². The molecule has 1 fully saturated rings. The van der Waals surface area contributed by atoms with Crippen LogP contribution in [0.4, 0.5) is 5.82 Å². The maximum absolute atomic E-state index is 12.0. The van der Waals surface area contributed by atoms with Crippen molar-refractivity contribution >= 4 is 11.7 Å². The van der Waals surface area contributed by atoms with Crippen molar-refractivity contribution in [2.75, 3.05) is 19.0 Å². The first-order valence-corrected chi connectivity index (χ1v) is 7.46. The fourth-order valence-electron chi connectivity index (χ4n) is 2.27. The van der Waals surface area contributed by atoms with Crippen molar-refractivity contribution in [1.29, 1.82) is 0 Å². The summed E-state index contributed by atoms with van der Waals surface area (Å²) in [5.41, 5.74) is 1.86. The topological polar surface area (TPSA) is 102 Å². The zero-order valence-corrected chi connectivity index (χ0v) is 13.3. The van der Waals surface area contributed by atoms with Crippen molar-refractivity contribution in [2.45, 2.75) is 32.6 Å². The van der Waals surface area contributed by atoms with Gasteiger partial charge in [-0.1, -0.05) is 0 Å². The molecule has 2 N–H and O–H groups in total. The largest absolute Gasteiger partial charge is 0.375 e. The van der Waals surface area contributed by atoms with Crippen LogP contribution in [0, 0.1) is 13.8 Å². The number of aromatic amines is 1. The Morgan fingerprint density at radius 1 is 1.48 bits per heavy atom. The second kappa shape index (κ2) is 5.96. The van der Waals surface area contributed by atoms with Gasteiger partial charge in [0.2, 0.25) is 5.95 Å². The molecule has 1 aliphatic carbocycles. The van der Waals surface area contributed by atoms with Gasteiger partial charge < -0.3 is 10.1 Å². The van der Waals surface area contributed by atoms with Gasteiger partial charge in [-0.15, -0.1) is 0 Å². The summed E-state index contributed by atoms with van der Waals surface area (Å²) in [5.74, 6) is 0.882. The van der Waals surface area contributed by atoms with Crippen LogP contribution in [0.3, 0.4) is 0 Å². The quantitative estimate of drug-likeness (QED) is 0.857. The molecular formula is C15H19N5O3. The molecule has 122 valence electrons. The number of H-pyrrole nitrogens is 1. The van der Waals surface area contributed by atoms with Crippen LogP contribution in [0.25, 0.3) is 5.95 Å². The second-order valence-electron chi connectivity index (χ2n) is 5.72. The first kappa shape index (κ1) is 15.4. The van der Waals surface area contributed by atoms with Crippen molar-refractivity contribution in [2.24, 2.45) is 0 Å². The van der Waals surface area contributed by atoms with Crippen molar-refractivity contribution < 1.29 is 9.53 Å². The maximum atomic E-state index is 12.0. The zero-order chi connectivity index (χ0) is 16.6. The number of nitrogens with zero attached hydrogens (tertiary/aromatic N) is 3. The molecule has 2 aromatic heterocycles. The number of carbonyl (C=O) groups is 1. The molecule has 2 heterocycles. The van der Waals surface area contributed by atoms with E-state index in [1.165, 1.54) is 11.8 Å². The Kier molecular flexibility index (Phi) is 3.99. The van der Waals surface area contributed by atoms with Gasteiger partial charge in [0.15, 0.2) is 0 Å². The van der Waals surface area contributed by atoms with Crippen LogP contribution in [-0.2, 0) is 9.53 Å². The first-order chi connectivity index (χ1) is 11.0. The van der Waals surface area contributed by atoms with E-state index in [4.69, 9.17) is 4.74 Å². The summed E-state index contributed by atoms with van der Waals surface area (Å²) < 4.78 is 6.29. The highest BCUT2D eigenvalue weighted by molar-refractivity contribution is 5.91. The molecule has 1 aliphatic rings. The summed E-state index contributed by atoms with van der Waals surface area (Å²) in [7, 11) is 1.45. The number of ether oxygens (including phenoxy) is 1. The van der Waals surface area contributed by atoms with Gasteiger partial charge in [-0.2, -0.15) is 9.78 Å². The predicted molar refractivity (Wildman–Crippen MR) is 83.9 cm³/mol. The van der Waals surface area contributed by atoms with E-state index in [-0.39, 0.29) is 24.0 Å². The van der Waals surface area contributed by atoms with Crippen LogP contribution in [-0.4, -0.2) is 39.4 Å². The molecule has 0 saturated heterocycles. The maximum Gasteiger partial charge on any atom is 0.255 e. The number of carbonyl (C=O) groups excluding carboxylic acids is 1. The van der Waals surface area contributed by atoms with Gasteiger partial charge in [0.25, 0.3) is 11.5 Å². The number of amides is 1. The Balaban J connectivity index is 2.03. The third-order valence-electron chi connectivity index (χ3n) is 3.85. The number of hydrogen-bond donors (Lipinski definition) is 2. The molecule has 0 spiro atoms. The normalized spacial score (nSPS) is 14.0. The Labute approximate surface area is 132 Å². The van der Waals surface area contributed by atoms with Crippen molar-refractivity contribution in [1.82, 2.24) is 19.7 Å². The molecule has 8 heteroatoms. The van der Waals surface area contributed by atoms with Crippen molar-refractivity contribution in [3.63, 3.8) is 0 Å². The molecule has 23 heavy (non-hydrogen) atoms. The van der Waals surface area contributed by atoms with Crippen molar-refractivity contribution in [3.8, 4) is 5.95 Å². The van der Waals surface area contributed by atoms with Crippen LogP contribution >= 0.6 is 0 Å².